The summed E-state index contributed by atoms with van der Waals surface area (Å²) in [5.41, 5.74) is 1.43. The highest BCUT2D eigenvalue weighted by atomic mass is 79.9. The lowest BCUT2D eigenvalue weighted by atomic mass is 10.1. The summed E-state index contributed by atoms with van der Waals surface area (Å²) in [6.07, 6.45) is -0.998. The van der Waals surface area contributed by atoms with E-state index >= 15 is 0 Å². The summed E-state index contributed by atoms with van der Waals surface area (Å²) in [4.78, 5) is 24.1. The Bertz CT molecular complexity index is 745. The number of hydrogen-bond donors (Lipinski definition) is 2. The van der Waals surface area contributed by atoms with Crippen LogP contribution < -0.4 is 5.32 Å². The van der Waals surface area contributed by atoms with E-state index in [1.807, 2.05) is 6.07 Å². The molecular weight excluding hydrogens is 362 g/mol. The normalized spacial score (nSPS) is 11.6. The van der Waals surface area contributed by atoms with Crippen molar-refractivity contribution in [3.63, 3.8) is 0 Å². The second-order valence-corrected chi connectivity index (χ2v) is 5.98. The lowest BCUT2D eigenvalue weighted by Gasteiger charge is -2.14. The summed E-state index contributed by atoms with van der Waals surface area (Å²) in [6.45, 7) is 3.26. The molecule has 0 heterocycles. The molecule has 0 aromatic heterocycles. The third kappa shape index (κ3) is 4.56. The lowest BCUT2D eigenvalue weighted by Crippen LogP contribution is -2.30. The maximum Gasteiger partial charge on any atom is 0.342 e. The zero-order valence-corrected chi connectivity index (χ0v) is 14.3. The van der Waals surface area contributed by atoms with Gasteiger partial charge in [-0.1, -0.05) is 28.1 Å². The minimum absolute atomic E-state index is 0.0257. The number of benzene rings is 2. The van der Waals surface area contributed by atoms with Crippen molar-refractivity contribution in [2.24, 2.45) is 0 Å². The molecule has 0 spiro atoms. The molecule has 1 amide bonds. The fraction of sp³-hybridized carbons (Fsp3) is 0.176. The third-order valence-electron chi connectivity index (χ3n) is 3.12. The van der Waals surface area contributed by atoms with Gasteiger partial charge in [0.15, 0.2) is 6.10 Å². The predicted molar refractivity (Wildman–Crippen MR) is 90.5 cm³/mol. The van der Waals surface area contributed by atoms with E-state index in [4.69, 9.17) is 4.74 Å². The van der Waals surface area contributed by atoms with E-state index in [0.717, 1.165) is 10.0 Å². The molecule has 0 aliphatic heterocycles. The van der Waals surface area contributed by atoms with Crippen LogP contribution in [0.15, 0.2) is 46.9 Å². The van der Waals surface area contributed by atoms with Crippen molar-refractivity contribution < 1.29 is 19.4 Å². The molecule has 5 nitrogen and oxygen atoms in total. The van der Waals surface area contributed by atoms with Crippen LogP contribution in [0.25, 0.3) is 0 Å². The van der Waals surface area contributed by atoms with Crippen molar-refractivity contribution in [1.29, 1.82) is 0 Å². The Balaban J connectivity index is 2.01. The Morgan fingerprint density at radius 2 is 1.96 bits per heavy atom. The first-order valence-corrected chi connectivity index (χ1v) is 7.73. The van der Waals surface area contributed by atoms with Gasteiger partial charge in [-0.25, -0.2) is 4.79 Å². The molecule has 0 unspecified atom stereocenters. The fourth-order valence-electron chi connectivity index (χ4n) is 1.90. The highest BCUT2D eigenvalue weighted by Crippen LogP contribution is 2.20. The van der Waals surface area contributed by atoms with E-state index < -0.39 is 18.0 Å². The minimum atomic E-state index is -0.998. The van der Waals surface area contributed by atoms with Gasteiger partial charge in [-0.2, -0.15) is 0 Å². The van der Waals surface area contributed by atoms with Crippen LogP contribution in [0, 0.1) is 6.92 Å². The molecule has 2 aromatic rings. The molecule has 2 aromatic carbocycles. The summed E-state index contributed by atoms with van der Waals surface area (Å²) in [6, 6.07) is 11.7. The number of phenols is 1. The average Bonchev–Trinajstić information content (AvgIpc) is 2.46. The van der Waals surface area contributed by atoms with Crippen LogP contribution in [0.3, 0.4) is 0 Å². The molecule has 2 N–H and O–H groups in total. The number of amides is 1. The van der Waals surface area contributed by atoms with E-state index in [0.29, 0.717) is 5.69 Å². The largest absolute Gasteiger partial charge is 0.507 e. The standard InChI is InChI=1S/C17H16BrNO4/c1-10-6-7-14(15(20)8-10)17(22)23-11(2)16(21)19-13-5-3-4-12(18)9-13/h3-9,11,20H,1-2H3,(H,19,21)/t11-/m1/s1. The van der Waals surface area contributed by atoms with Gasteiger partial charge in [0.05, 0.1) is 0 Å². The van der Waals surface area contributed by atoms with Gasteiger partial charge in [-0.15, -0.1) is 0 Å². The quantitative estimate of drug-likeness (QED) is 0.797. The number of esters is 1. The number of hydrogen-bond acceptors (Lipinski definition) is 4. The monoisotopic (exact) mass is 377 g/mol. The first-order valence-electron chi connectivity index (χ1n) is 6.94. The molecule has 0 fully saturated rings. The number of phenolic OH excluding ortho intramolecular Hbond substituents is 1. The molecule has 23 heavy (non-hydrogen) atoms. The molecule has 1 atom stereocenters. The van der Waals surface area contributed by atoms with Gasteiger partial charge in [-0.05, 0) is 49.7 Å². The van der Waals surface area contributed by atoms with Gasteiger partial charge in [-0.3, -0.25) is 4.79 Å². The number of aromatic hydroxyl groups is 1. The van der Waals surface area contributed by atoms with Crippen LogP contribution in [0.4, 0.5) is 5.69 Å². The van der Waals surface area contributed by atoms with Crippen molar-refractivity contribution in [3.05, 3.63) is 58.1 Å². The summed E-state index contributed by atoms with van der Waals surface area (Å²) < 4.78 is 5.92. The number of nitrogens with one attached hydrogen (secondary N) is 1. The Labute approximate surface area is 142 Å². The van der Waals surface area contributed by atoms with Crippen LogP contribution in [0.5, 0.6) is 5.75 Å². The molecule has 0 bridgehead atoms. The van der Waals surface area contributed by atoms with Crippen LogP contribution in [-0.4, -0.2) is 23.1 Å². The fourth-order valence-corrected chi connectivity index (χ4v) is 2.30. The summed E-state index contributed by atoms with van der Waals surface area (Å²) in [5.74, 6) is -1.38. The second-order valence-electron chi connectivity index (χ2n) is 5.07. The summed E-state index contributed by atoms with van der Waals surface area (Å²) in [7, 11) is 0. The molecule has 0 radical (unpaired) electrons. The van der Waals surface area contributed by atoms with E-state index in [1.54, 1.807) is 31.2 Å². The number of anilines is 1. The van der Waals surface area contributed by atoms with Crippen LogP contribution >= 0.6 is 15.9 Å². The van der Waals surface area contributed by atoms with Gasteiger partial charge in [0.1, 0.15) is 11.3 Å². The summed E-state index contributed by atoms with van der Waals surface area (Å²) >= 11 is 3.31. The first-order chi connectivity index (χ1) is 10.9. The number of carbonyl (C=O) groups is 2. The van der Waals surface area contributed by atoms with Crippen LogP contribution in [-0.2, 0) is 9.53 Å². The van der Waals surface area contributed by atoms with Gasteiger partial charge >= 0.3 is 5.97 Å². The van der Waals surface area contributed by atoms with Crippen molar-refractivity contribution >= 4 is 33.5 Å². The van der Waals surface area contributed by atoms with Crippen molar-refractivity contribution in [2.45, 2.75) is 20.0 Å². The number of halogens is 1. The van der Waals surface area contributed by atoms with Crippen molar-refractivity contribution in [1.82, 2.24) is 0 Å². The predicted octanol–water partition coefficient (Wildman–Crippen LogP) is 3.65. The number of carbonyl (C=O) groups excluding carboxylic acids is 2. The number of ether oxygens (including phenoxy) is 1. The van der Waals surface area contributed by atoms with Gasteiger partial charge in [0.25, 0.3) is 5.91 Å². The van der Waals surface area contributed by atoms with Gasteiger partial charge in [0.2, 0.25) is 0 Å². The maximum absolute atomic E-state index is 12.1. The molecular formula is C17H16BrNO4. The highest BCUT2D eigenvalue weighted by molar-refractivity contribution is 9.10. The smallest absolute Gasteiger partial charge is 0.342 e. The zero-order chi connectivity index (χ0) is 17.0. The second kappa shape index (κ2) is 7.28. The topological polar surface area (TPSA) is 75.6 Å². The molecule has 2 rings (SSSR count). The molecule has 0 saturated carbocycles. The van der Waals surface area contributed by atoms with Crippen molar-refractivity contribution in [3.8, 4) is 5.75 Å². The average molecular weight is 378 g/mol. The van der Waals surface area contributed by atoms with E-state index in [-0.39, 0.29) is 11.3 Å². The van der Waals surface area contributed by atoms with Crippen molar-refractivity contribution in [2.75, 3.05) is 5.32 Å². The zero-order valence-electron chi connectivity index (χ0n) is 12.7. The molecule has 120 valence electrons. The number of rotatable bonds is 4. The lowest BCUT2D eigenvalue weighted by molar-refractivity contribution is -0.123. The third-order valence-corrected chi connectivity index (χ3v) is 3.61. The Morgan fingerprint density at radius 1 is 1.22 bits per heavy atom. The molecule has 6 heteroatoms. The Kier molecular flexibility index (Phi) is 5.39. The highest BCUT2D eigenvalue weighted by Gasteiger charge is 2.21. The van der Waals surface area contributed by atoms with Gasteiger partial charge < -0.3 is 15.2 Å². The van der Waals surface area contributed by atoms with E-state index in [1.165, 1.54) is 19.1 Å². The maximum atomic E-state index is 12.1. The van der Waals surface area contributed by atoms with E-state index in [2.05, 4.69) is 21.2 Å². The molecule has 0 aliphatic carbocycles. The Morgan fingerprint density at radius 3 is 2.61 bits per heavy atom. The molecule has 0 saturated heterocycles. The van der Waals surface area contributed by atoms with Gasteiger partial charge in [0, 0.05) is 10.2 Å². The SMILES string of the molecule is Cc1ccc(C(=O)O[C@H](C)C(=O)Nc2cccc(Br)c2)c(O)c1. The van der Waals surface area contributed by atoms with Crippen LogP contribution in [0.2, 0.25) is 0 Å². The number of aryl methyl sites for hydroxylation is 1. The summed E-state index contributed by atoms with van der Waals surface area (Å²) in [5, 5.41) is 12.4. The van der Waals surface area contributed by atoms with E-state index in [9.17, 15) is 14.7 Å². The van der Waals surface area contributed by atoms with Crippen LogP contribution in [0.1, 0.15) is 22.8 Å². The minimum Gasteiger partial charge on any atom is -0.507 e. The molecule has 0 aliphatic rings. The Hall–Kier alpha value is -2.34. The first kappa shape index (κ1) is 17.0.